The molecule has 0 aromatic heterocycles. The maximum absolute atomic E-state index is 10.9. The van der Waals surface area contributed by atoms with Crippen LogP contribution in [-0.2, 0) is 23.6 Å². The topological polar surface area (TPSA) is 370 Å². The van der Waals surface area contributed by atoms with Crippen LogP contribution in [0.25, 0.3) is 0 Å². The summed E-state index contributed by atoms with van der Waals surface area (Å²) in [5.41, 5.74) is 21.2. The number of esters is 2. The summed E-state index contributed by atoms with van der Waals surface area (Å²) in [5.74, 6) is -1.55. The Balaban J connectivity index is -0.000000528. The molecule has 216 valence electrons. The van der Waals surface area contributed by atoms with E-state index in [9.17, 15) is 29.8 Å². The minimum absolute atomic E-state index is 0.281. The summed E-state index contributed by atoms with van der Waals surface area (Å²) < 4.78 is 17.7. The second-order valence-electron chi connectivity index (χ2n) is 6.36. The average Bonchev–Trinajstić information content (AvgIpc) is 2.76. The van der Waals surface area contributed by atoms with Crippen LogP contribution in [0.15, 0.2) is 10.2 Å². The van der Waals surface area contributed by atoms with Crippen molar-refractivity contribution in [2.75, 3.05) is 27.3 Å². The van der Waals surface area contributed by atoms with Gasteiger partial charge >= 0.3 is 19.8 Å². The molecule has 37 heavy (non-hydrogen) atoms. The number of hydrogen-bond donors (Lipinski definition) is 9. The van der Waals surface area contributed by atoms with Gasteiger partial charge in [-0.2, -0.15) is 0 Å². The van der Waals surface area contributed by atoms with Crippen LogP contribution < -0.4 is 33.6 Å². The minimum atomic E-state index is -4.64. The van der Waals surface area contributed by atoms with Crippen molar-refractivity contribution >= 4 is 31.7 Å². The van der Waals surface area contributed by atoms with Crippen LogP contribution in [0, 0.1) is 20.2 Å². The molecule has 13 N–H and O–H groups in total. The van der Waals surface area contributed by atoms with Crippen molar-refractivity contribution in [3.8, 4) is 0 Å². The van der Waals surface area contributed by atoms with E-state index in [1.165, 1.54) is 14.2 Å². The lowest BCUT2D eigenvalue weighted by Crippen LogP contribution is -2.35. The molecule has 0 radical (unpaired) electrons. The van der Waals surface area contributed by atoms with E-state index in [1.807, 2.05) is 0 Å². The standard InChI is InChI=1S/2C7H15N5O4.H3O4P/c2*1-16-6(13)5(8)3-2-4-10-7(9)11-12(14)15;1-5(2,3)4/h2*5H,2-4,8H2,1H3,(H3,9,10,11);(H3,1,2,3,4). The number of nitrogens with zero attached hydrogens (tertiary/aromatic N) is 4. The van der Waals surface area contributed by atoms with Crippen molar-refractivity contribution in [1.82, 2.24) is 10.6 Å². The number of hydrazone groups is 2. The molecule has 0 fully saturated rings. The molecule has 23 heteroatoms. The van der Waals surface area contributed by atoms with Gasteiger partial charge in [-0.15, -0.1) is 0 Å². The van der Waals surface area contributed by atoms with E-state index >= 15 is 0 Å². The van der Waals surface area contributed by atoms with Gasteiger partial charge in [-0.3, -0.25) is 9.59 Å². The molecule has 0 saturated carbocycles. The van der Waals surface area contributed by atoms with Gasteiger partial charge in [0.15, 0.2) is 10.1 Å². The predicted octanol–water partition coefficient (Wildman–Crippen LogP) is -4.20. The highest BCUT2D eigenvalue weighted by atomic mass is 31.2. The molecule has 0 aromatic rings. The number of nitrogens with two attached hydrogens (primary N) is 4. The van der Waals surface area contributed by atoms with Crippen LogP contribution in [0.3, 0.4) is 0 Å². The summed E-state index contributed by atoms with van der Waals surface area (Å²) in [5, 5.41) is 28.7. The monoisotopic (exact) mass is 564 g/mol. The van der Waals surface area contributed by atoms with Gasteiger partial charge in [-0.05, 0) is 25.7 Å². The van der Waals surface area contributed by atoms with Gasteiger partial charge in [0.05, 0.1) is 14.2 Å². The highest BCUT2D eigenvalue weighted by molar-refractivity contribution is 7.45. The number of phosphoric acid groups is 1. The van der Waals surface area contributed by atoms with Crippen molar-refractivity contribution in [3.05, 3.63) is 20.2 Å². The van der Waals surface area contributed by atoms with E-state index in [2.05, 4.69) is 30.3 Å². The minimum Gasteiger partial charge on any atom is -0.468 e. The Bertz CT molecular complexity index is 757. The zero-order valence-electron chi connectivity index (χ0n) is 20.0. The average molecular weight is 564 g/mol. The van der Waals surface area contributed by atoms with E-state index in [0.29, 0.717) is 38.8 Å². The molecule has 0 bridgehead atoms. The SMILES string of the molecule is COC(=O)C(N)CCCNC(N)=N[N+](=O)[O-].COC(=O)C(N)CCCNC(N)=N[N+](=O)[O-].O=P(O)(O)O. The fourth-order valence-electron chi connectivity index (χ4n) is 1.86. The maximum atomic E-state index is 10.9. The summed E-state index contributed by atoms with van der Waals surface area (Å²) in [6.07, 6.45) is 1.82. The van der Waals surface area contributed by atoms with E-state index in [-0.39, 0.29) is 11.9 Å². The molecule has 0 heterocycles. The number of carbonyl (C=O) groups excluding carboxylic acids is 2. The Labute approximate surface area is 209 Å². The Morgan fingerprint density at radius 3 is 1.35 bits per heavy atom. The van der Waals surface area contributed by atoms with Gasteiger partial charge in [0.2, 0.25) is 0 Å². The second-order valence-corrected chi connectivity index (χ2v) is 7.38. The maximum Gasteiger partial charge on any atom is 0.466 e. The fourth-order valence-corrected chi connectivity index (χ4v) is 1.86. The molecule has 22 nitrogen and oxygen atoms in total. The molecule has 0 aliphatic carbocycles. The zero-order chi connectivity index (χ0) is 29.6. The molecule has 0 aromatic carbocycles. The number of nitro groups is 2. The van der Waals surface area contributed by atoms with E-state index in [4.69, 9.17) is 42.2 Å². The third-order valence-corrected chi connectivity index (χ3v) is 3.38. The zero-order valence-corrected chi connectivity index (χ0v) is 20.9. The molecule has 0 amide bonds. The Kier molecular flexibility index (Phi) is 22.1. The van der Waals surface area contributed by atoms with Gasteiger partial charge < -0.3 is 57.7 Å². The lowest BCUT2D eigenvalue weighted by atomic mass is 10.2. The number of nitrogens with one attached hydrogen (secondary N) is 2. The first-order valence-electron chi connectivity index (χ1n) is 9.84. The van der Waals surface area contributed by atoms with Gasteiger partial charge in [0.1, 0.15) is 22.3 Å². The van der Waals surface area contributed by atoms with Crippen molar-refractivity contribution in [3.63, 3.8) is 0 Å². The van der Waals surface area contributed by atoms with E-state index < -0.39 is 41.9 Å². The first-order valence-corrected chi connectivity index (χ1v) is 11.4. The van der Waals surface area contributed by atoms with Crippen LogP contribution in [-0.4, -0.2) is 88.0 Å². The van der Waals surface area contributed by atoms with Crippen molar-refractivity contribution < 1.29 is 48.4 Å². The summed E-state index contributed by atoms with van der Waals surface area (Å²) in [6, 6.07) is -1.39. The lowest BCUT2D eigenvalue weighted by Gasteiger charge is -2.08. The normalized spacial score (nSPS) is 12.8. The molecular weight excluding hydrogens is 531 g/mol. The number of carbonyl (C=O) groups is 2. The molecule has 0 rings (SSSR count). The summed E-state index contributed by atoms with van der Waals surface area (Å²) in [6.45, 7) is 0.682. The Morgan fingerprint density at radius 1 is 0.865 bits per heavy atom. The molecular formula is C14H33N10O12P. The first-order chi connectivity index (χ1) is 16.9. The Morgan fingerprint density at radius 2 is 1.14 bits per heavy atom. The van der Waals surface area contributed by atoms with E-state index in [1.54, 1.807) is 0 Å². The van der Waals surface area contributed by atoms with Crippen molar-refractivity contribution in [2.45, 2.75) is 37.8 Å². The largest absolute Gasteiger partial charge is 0.468 e. The highest BCUT2D eigenvalue weighted by Crippen LogP contribution is 2.25. The van der Waals surface area contributed by atoms with Crippen molar-refractivity contribution in [1.29, 1.82) is 0 Å². The van der Waals surface area contributed by atoms with Gasteiger partial charge in [-0.25, -0.2) is 24.8 Å². The van der Waals surface area contributed by atoms with E-state index in [0.717, 1.165) is 0 Å². The van der Waals surface area contributed by atoms with Gasteiger partial charge in [0.25, 0.3) is 11.9 Å². The number of ether oxygens (including phenoxy) is 2. The molecule has 0 spiro atoms. The first kappa shape index (κ1) is 37.9. The number of rotatable bonds is 12. The molecule has 0 aliphatic rings. The fraction of sp³-hybridized carbons (Fsp3) is 0.714. The summed E-state index contributed by atoms with van der Waals surface area (Å²) in [4.78, 5) is 63.1. The van der Waals surface area contributed by atoms with Crippen LogP contribution in [0.2, 0.25) is 0 Å². The van der Waals surface area contributed by atoms with Gasteiger partial charge in [0, 0.05) is 13.1 Å². The van der Waals surface area contributed by atoms with Crippen molar-refractivity contribution in [2.24, 2.45) is 33.1 Å². The number of methoxy groups -OCH3 is 2. The second kappa shape index (κ2) is 21.6. The summed E-state index contributed by atoms with van der Waals surface area (Å²) >= 11 is 0. The molecule has 2 atom stereocenters. The third kappa shape index (κ3) is 32.3. The predicted molar refractivity (Wildman–Crippen MR) is 126 cm³/mol. The van der Waals surface area contributed by atoms with Crippen LogP contribution in [0.5, 0.6) is 0 Å². The molecule has 2 unspecified atom stereocenters. The van der Waals surface area contributed by atoms with Gasteiger partial charge in [-0.1, -0.05) is 0 Å². The smallest absolute Gasteiger partial charge is 0.466 e. The Hall–Kier alpha value is -3.69. The highest BCUT2D eigenvalue weighted by Gasteiger charge is 2.13. The quantitative estimate of drug-likeness (QED) is 0.0206. The van der Waals surface area contributed by atoms with Crippen LogP contribution >= 0.6 is 7.82 Å². The lowest BCUT2D eigenvalue weighted by molar-refractivity contribution is -0.485. The number of guanidine groups is 2. The molecule has 0 saturated heterocycles. The summed E-state index contributed by atoms with van der Waals surface area (Å²) in [7, 11) is -2.13. The van der Waals surface area contributed by atoms with Crippen LogP contribution in [0.4, 0.5) is 0 Å². The van der Waals surface area contributed by atoms with Crippen LogP contribution in [0.1, 0.15) is 25.7 Å². The molecule has 0 aliphatic heterocycles. The number of hydrogen-bond acceptors (Lipinski definition) is 11. The third-order valence-electron chi connectivity index (χ3n) is 3.38.